The van der Waals surface area contributed by atoms with Crippen LogP contribution in [-0.4, -0.2) is 25.4 Å². The van der Waals surface area contributed by atoms with Gasteiger partial charge in [0.2, 0.25) is 5.78 Å². The summed E-state index contributed by atoms with van der Waals surface area (Å²) in [6, 6.07) is 2.99. The van der Waals surface area contributed by atoms with Crippen molar-refractivity contribution in [2.24, 2.45) is 0 Å². The Labute approximate surface area is 73.3 Å². The van der Waals surface area contributed by atoms with E-state index in [9.17, 15) is 13.6 Å². The maximum Gasteiger partial charge on any atom is 0.261 e. The summed E-state index contributed by atoms with van der Waals surface area (Å²) >= 11 is 0. The van der Waals surface area contributed by atoms with Crippen molar-refractivity contribution in [1.82, 2.24) is 0 Å². The van der Waals surface area contributed by atoms with Gasteiger partial charge in [0.25, 0.3) is 6.43 Å². The van der Waals surface area contributed by atoms with Crippen molar-refractivity contribution in [2.75, 3.05) is 13.2 Å². The third-order valence-electron chi connectivity index (χ3n) is 1.27. The molecule has 0 aliphatic heterocycles. The van der Waals surface area contributed by atoms with Gasteiger partial charge in [0.15, 0.2) is 5.76 Å². The highest BCUT2D eigenvalue weighted by atomic mass is 19.3. The van der Waals surface area contributed by atoms with Gasteiger partial charge in [0, 0.05) is 0 Å². The van der Waals surface area contributed by atoms with Gasteiger partial charge in [-0.15, -0.1) is 0 Å². The fourth-order valence-electron chi connectivity index (χ4n) is 0.749. The number of Topliss-reactive ketones (excluding diaryl/α,β-unsaturated/α-hetero) is 1. The van der Waals surface area contributed by atoms with E-state index in [2.05, 4.69) is 4.74 Å². The summed E-state index contributed by atoms with van der Waals surface area (Å²) in [5, 5.41) is 0. The van der Waals surface area contributed by atoms with Crippen molar-refractivity contribution in [3.05, 3.63) is 24.2 Å². The van der Waals surface area contributed by atoms with Gasteiger partial charge in [-0.25, -0.2) is 8.78 Å². The molecule has 0 bridgehead atoms. The minimum absolute atomic E-state index is 0.120. The molecule has 1 aromatic heterocycles. The molecule has 72 valence electrons. The predicted molar refractivity (Wildman–Crippen MR) is 39.9 cm³/mol. The van der Waals surface area contributed by atoms with Gasteiger partial charge in [-0.2, -0.15) is 0 Å². The molecule has 1 heterocycles. The van der Waals surface area contributed by atoms with E-state index < -0.39 is 18.8 Å². The number of carbonyl (C=O) groups excluding carboxylic acids is 1. The van der Waals surface area contributed by atoms with Crippen LogP contribution in [0.2, 0.25) is 0 Å². The highest BCUT2D eigenvalue weighted by Gasteiger charge is 2.10. The SMILES string of the molecule is O=C(COCC(F)F)c1ccco1. The number of alkyl halides is 2. The van der Waals surface area contributed by atoms with E-state index in [-0.39, 0.29) is 12.4 Å². The first-order chi connectivity index (χ1) is 6.20. The van der Waals surface area contributed by atoms with E-state index in [1.807, 2.05) is 0 Å². The average molecular weight is 190 g/mol. The lowest BCUT2D eigenvalue weighted by atomic mass is 10.3. The van der Waals surface area contributed by atoms with Crippen LogP contribution in [0.4, 0.5) is 8.78 Å². The largest absolute Gasteiger partial charge is 0.461 e. The van der Waals surface area contributed by atoms with Crippen LogP contribution in [0.15, 0.2) is 22.8 Å². The van der Waals surface area contributed by atoms with Gasteiger partial charge >= 0.3 is 0 Å². The predicted octanol–water partition coefficient (Wildman–Crippen LogP) is 1.74. The fourth-order valence-corrected chi connectivity index (χ4v) is 0.749. The summed E-state index contributed by atoms with van der Waals surface area (Å²) in [6.45, 7) is -1.11. The van der Waals surface area contributed by atoms with Crippen LogP contribution in [0.5, 0.6) is 0 Å². The minimum Gasteiger partial charge on any atom is -0.461 e. The Kier molecular flexibility index (Phi) is 3.57. The van der Waals surface area contributed by atoms with Crippen LogP contribution in [0.1, 0.15) is 10.6 Å². The second kappa shape index (κ2) is 4.71. The Morgan fingerprint density at radius 3 is 2.92 bits per heavy atom. The van der Waals surface area contributed by atoms with E-state index in [0.717, 1.165) is 0 Å². The number of halogens is 2. The number of hydrogen-bond acceptors (Lipinski definition) is 3. The molecule has 0 saturated heterocycles. The smallest absolute Gasteiger partial charge is 0.261 e. The molecular weight excluding hydrogens is 182 g/mol. The lowest BCUT2D eigenvalue weighted by Gasteiger charge is -1.99. The summed E-state index contributed by atoms with van der Waals surface area (Å²) in [4.78, 5) is 11.0. The normalized spacial score (nSPS) is 10.7. The van der Waals surface area contributed by atoms with E-state index >= 15 is 0 Å². The van der Waals surface area contributed by atoms with Gasteiger partial charge in [0.05, 0.1) is 6.26 Å². The molecule has 0 saturated carbocycles. The van der Waals surface area contributed by atoms with Gasteiger partial charge in [-0.3, -0.25) is 4.79 Å². The highest BCUT2D eigenvalue weighted by molar-refractivity contribution is 5.94. The molecule has 3 nitrogen and oxygen atoms in total. The Morgan fingerprint density at radius 1 is 1.62 bits per heavy atom. The maximum absolute atomic E-state index is 11.6. The van der Waals surface area contributed by atoms with Gasteiger partial charge in [-0.05, 0) is 12.1 Å². The van der Waals surface area contributed by atoms with Crippen LogP contribution in [-0.2, 0) is 4.74 Å². The lowest BCUT2D eigenvalue weighted by molar-refractivity contribution is 0.0187. The Bertz CT molecular complexity index is 256. The van der Waals surface area contributed by atoms with Gasteiger partial charge in [0.1, 0.15) is 13.2 Å². The van der Waals surface area contributed by atoms with Crippen LogP contribution >= 0.6 is 0 Å². The standard InChI is InChI=1S/C8H8F2O3/c9-8(10)5-12-4-6(11)7-2-1-3-13-7/h1-3,8H,4-5H2. The van der Waals surface area contributed by atoms with Crippen molar-refractivity contribution >= 4 is 5.78 Å². The maximum atomic E-state index is 11.6. The first-order valence-electron chi connectivity index (χ1n) is 3.62. The summed E-state index contributed by atoms with van der Waals surface area (Å²) in [5.74, 6) is -0.320. The second-order valence-corrected chi connectivity index (χ2v) is 2.31. The zero-order chi connectivity index (χ0) is 9.68. The molecule has 0 aromatic carbocycles. The zero-order valence-corrected chi connectivity index (χ0v) is 6.70. The van der Waals surface area contributed by atoms with Crippen molar-refractivity contribution in [2.45, 2.75) is 6.43 Å². The van der Waals surface area contributed by atoms with E-state index in [1.54, 1.807) is 6.07 Å². The molecular formula is C8H8F2O3. The number of ether oxygens (including phenoxy) is 1. The van der Waals surface area contributed by atoms with Crippen LogP contribution in [0.3, 0.4) is 0 Å². The first kappa shape index (κ1) is 9.85. The summed E-state index contributed by atoms with van der Waals surface area (Å²) in [7, 11) is 0. The van der Waals surface area contributed by atoms with E-state index in [1.165, 1.54) is 12.3 Å². The van der Waals surface area contributed by atoms with E-state index in [0.29, 0.717) is 0 Å². The monoisotopic (exact) mass is 190 g/mol. The molecule has 0 radical (unpaired) electrons. The van der Waals surface area contributed by atoms with Crippen LogP contribution in [0, 0.1) is 0 Å². The average Bonchev–Trinajstić information content (AvgIpc) is 2.55. The quantitative estimate of drug-likeness (QED) is 0.664. The topological polar surface area (TPSA) is 39.4 Å². The first-order valence-corrected chi connectivity index (χ1v) is 3.62. The van der Waals surface area contributed by atoms with Crippen molar-refractivity contribution in [1.29, 1.82) is 0 Å². The van der Waals surface area contributed by atoms with Crippen molar-refractivity contribution < 1.29 is 22.7 Å². The molecule has 0 unspecified atom stereocenters. The Morgan fingerprint density at radius 2 is 2.38 bits per heavy atom. The molecule has 0 atom stereocenters. The summed E-state index contributed by atoms with van der Waals surface area (Å²) in [6.07, 6.45) is -1.22. The van der Waals surface area contributed by atoms with E-state index in [4.69, 9.17) is 4.42 Å². The molecule has 0 spiro atoms. The molecule has 5 heteroatoms. The Hall–Kier alpha value is -1.23. The zero-order valence-electron chi connectivity index (χ0n) is 6.70. The molecule has 1 aromatic rings. The summed E-state index contributed by atoms with van der Waals surface area (Å²) < 4.78 is 32.3. The van der Waals surface area contributed by atoms with Crippen LogP contribution in [0.25, 0.3) is 0 Å². The van der Waals surface area contributed by atoms with Gasteiger partial charge in [-0.1, -0.05) is 0 Å². The molecule has 0 fully saturated rings. The molecule has 1 rings (SSSR count). The summed E-state index contributed by atoms with van der Waals surface area (Å²) in [5.41, 5.74) is 0. The molecule has 0 aliphatic rings. The number of carbonyl (C=O) groups is 1. The van der Waals surface area contributed by atoms with Crippen LogP contribution < -0.4 is 0 Å². The van der Waals surface area contributed by atoms with Gasteiger partial charge < -0.3 is 9.15 Å². The highest BCUT2D eigenvalue weighted by Crippen LogP contribution is 2.02. The number of hydrogen-bond donors (Lipinski definition) is 0. The fraction of sp³-hybridized carbons (Fsp3) is 0.375. The third kappa shape index (κ3) is 3.33. The molecule has 0 amide bonds. The second-order valence-electron chi connectivity index (χ2n) is 2.31. The molecule has 13 heavy (non-hydrogen) atoms. The minimum atomic E-state index is -2.55. The number of rotatable bonds is 5. The Balaban J connectivity index is 2.27. The molecule has 0 N–H and O–H groups in total. The lowest BCUT2D eigenvalue weighted by Crippen LogP contribution is -2.12. The third-order valence-corrected chi connectivity index (χ3v) is 1.27. The number of furan rings is 1. The number of ketones is 1. The van der Waals surface area contributed by atoms with Crippen molar-refractivity contribution in [3.63, 3.8) is 0 Å². The van der Waals surface area contributed by atoms with Crippen molar-refractivity contribution in [3.8, 4) is 0 Å². The molecule has 0 aliphatic carbocycles.